The van der Waals surface area contributed by atoms with Crippen LogP contribution in [-0.2, 0) is 5.60 Å². The monoisotopic (exact) mass is 272 g/mol. The lowest BCUT2D eigenvalue weighted by molar-refractivity contribution is -0.927. The van der Waals surface area contributed by atoms with Crippen molar-refractivity contribution in [3.8, 4) is 0 Å². The van der Waals surface area contributed by atoms with E-state index in [1.807, 2.05) is 12.1 Å². The average molecular weight is 273 g/mol. The summed E-state index contributed by atoms with van der Waals surface area (Å²) in [6.45, 7) is 3.15. The van der Waals surface area contributed by atoms with Gasteiger partial charge in [0.15, 0.2) is 0 Å². The minimum atomic E-state index is -0.736. The largest absolute Gasteiger partial charge is 0.379 e. The summed E-state index contributed by atoms with van der Waals surface area (Å²) >= 11 is 12.1. The van der Waals surface area contributed by atoms with Crippen LogP contribution >= 0.6 is 23.2 Å². The molecule has 0 aliphatic carbocycles. The Bertz CT molecular complexity index is 423. The second-order valence-electron chi connectivity index (χ2n) is 5.28. The Balaban J connectivity index is 2.02. The van der Waals surface area contributed by atoms with Crippen molar-refractivity contribution in [3.05, 3.63) is 33.8 Å². The van der Waals surface area contributed by atoms with Gasteiger partial charge in [-0.15, -0.1) is 0 Å². The van der Waals surface area contributed by atoms with Crippen LogP contribution in [0, 0.1) is 5.92 Å². The molecule has 1 aromatic rings. The highest BCUT2D eigenvalue weighted by Gasteiger charge is 2.49. The molecule has 4 rings (SSSR count). The van der Waals surface area contributed by atoms with Crippen LogP contribution in [0.4, 0.5) is 0 Å². The van der Waals surface area contributed by atoms with Crippen LogP contribution in [0.5, 0.6) is 0 Å². The summed E-state index contributed by atoms with van der Waals surface area (Å²) in [6, 6.07) is 5.42. The Kier molecular flexibility index (Phi) is 2.86. The molecule has 1 aromatic carbocycles. The van der Waals surface area contributed by atoms with Gasteiger partial charge in [-0.25, -0.2) is 0 Å². The van der Waals surface area contributed by atoms with E-state index in [4.69, 9.17) is 23.2 Å². The zero-order valence-electron chi connectivity index (χ0n) is 9.55. The first-order valence-electron chi connectivity index (χ1n) is 6.10. The Hall–Kier alpha value is -0.280. The SMILES string of the molecule is OC1(c2cc(Cl)cc(Cl)c2)C[NH+]2CCC1CC2. The molecule has 3 aliphatic heterocycles. The van der Waals surface area contributed by atoms with Gasteiger partial charge < -0.3 is 10.0 Å². The van der Waals surface area contributed by atoms with Gasteiger partial charge in [-0.05, 0) is 23.8 Å². The summed E-state index contributed by atoms with van der Waals surface area (Å²) in [5.74, 6) is 0.356. The molecule has 1 unspecified atom stereocenters. The first-order chi connectivity index (χ1) is 8.08. The highest BCUT2D eigenvalue weighted by atomic mass is 35.5. The molecule has 2 nitrogen and oxygen atoms in total. The van der Waals surface area contributed by atoms with E-state index in [2.05, 4.69) is 0 Å². The number of fused-ring (bicyclic) bond motifs is 3. The molecule has 1 atom stereocenters. The highest BCUT2D eigenvalue weighted by Crippen LogP contribution is 2.38. The molecule has 3 saturated heterocycles. The van der Waals surface area contributed by atoms with Crippen molar-refractivity contribution >= 4 is 23.2 Å². The molecule has 3 aliphatic rings. The fourth-order valence-corrected chi connectivity index (χ4v) is 3.87. The lowest BCUT2D eigenvalue weighted by atomic mass is 9.72. The van der Waals surface area contributed by atoms with Crippen LogP contribution < -0.4 is 4.90 Å². The van der Waals surface area contributed by atoms with E-state index < -0.39 is 5.60 Å². The van der Waals surface area contributed by atoms with Crippen LogP contribution in [0.25, 0.3) is 0 Å². The number of hydrogen-bond donors (Lipinski definition) is 2. The quantitative estimate of drug-likeness (QED) is 0.796. The van der Waals surface area contributed by atoms with E-state index in [-0.39, 0.29) is 0 Å². The van der Waals surface area contributed by atoms with E-state index in [9.17, 15) is 5.11 Å². The molecule has 2 bridgehead atoms. The van der Waals surface area contributed by atoms with Crippen molar-refractivity contribution < 1.29 is 10.0 Å². The van der Waals surface area contributed by atoms with Crippen LogP contribution in [0.2, 0.25) is 10.0 Å². The molecule has 2 N–H and O–H groups in total. The van der Waals surface area contributed by atoms with Crippen LogP contribution in [0.1, 0.15) is 18.4 Å². The maximum absolute atomic E-state index is 10.9. The Morgan fingerprint density at radius 1 is 1.12 bits per heavy atom. The molecule has 0 aromatic heterocycles. The van der Waals surface area contributed by atoms with E-state index in [1.165, 1.54) is 18.0 Å². The van der Waals surface area contributed by atoms with Gasteiger partial charge in [0.2, 0.25) is 0 Å². The maximum Gasteiger partial charge on any atom is 0.141 e. The summed E-state index contributed by atoms with van der Waals surface area (Å²) in [5, 5.41) is 12.2. The summed E-state index contributed by atoms with van der Waals surface area (Å²) in [4.78, 5) is 1.49. The molecule has 4 heteroatoms. The summed E-state index contributed by atoms with van der Waals surface area (Å²) in [5.41, 5.74) is 0.150. The van der Waals surface area contributed by atoms with E-state index in [0.29, 0.717) is 16.0 Å². The predicted octanol–water partition coefficient (Wildman–Crippen LogP) is 1.49. The highest BCUT2D eigenvalue weighted by molar-refractivity contribution is 6.34. The molecular weight excluding hydrogens is 257 g/mol. The summed E-state index contributed by atoms with van der Waals surface area (Å²) in [6.07, 6.45) is 2.19. The first-order valence-corrected chi connectivity index (χ1v) is 6.86. The number of aliphatic hydroxyl groups is 1. The fourth-order valence-electron chi connectivity index (χ4n) is 3.35. The number of benzene rings is 1. The summed E-state index contributed by atoms with van der Waals surface area (Å²) < 4.78 is 0. The van der Waals surface area contributed by atoms with Crippen molar-refractivity contribution in [1.82, 2.24) is 0 Å². The standard InChI is InChI=1S/C13H15Cl2NO/c14-11-5-10(6-12(15)7-11)13(17)8-16-3-1-9(13)2-4-16/h5-7,9,17H,1-4,8H2/p+1. The van der Waals surface area contributed by atoms with E-state index in [1.54, 1.807) is 6.07 Å². The van der Waals surface area contributed by atoms with Crippen LogP contribution in [-0.4, -0.2) is 24.7 Å². The zero-order chi connectivity index (χ0) is 12.0. The predicted molar refractivity (Wildman–Crippen MR) is 68.6 cm³/mol. The molecule has 0 radical (unpaired) electrons. The van der Waals surface area contributed by atoms with Crippen LogP contribution in [0.15, 0.2) is 18.2 Å². The van der Waals surface area contributed by atoms with Gasteiger partial charge in [-0.3, -0.25) is 0 Å². The number of rotatable bonds is 1. The third-order valence-corrected chi connectivity index (χ3v) is 4.69. The van der Waals surface area contributed by atoms with Crippen molar-refractivity contribution in [2.75, 3.05) is 19.6 Å². The van der Waals surface area contributed by atoms with Crippen molar-refractivity contribution in [3.63, 3.8) is 0 Å². The average Bonchev–Trinajstić information content (AvgIpc) is 2.29. The van der Waals surface area contributed by atoms with Crippen molar-refractivity contribution in [1.29, 1.82) is 0 Å². The second-order valence-corrected chi connectivity index (χ2v) is 6.16. The third kappa shape index (κ3) is 1.97. The van der Waals surface area contributed by atoms with Gasteiger partial charge in [0, 0.05) is 28.8 Å². The molecular formula is C13H16Cl2NO+. The molecule has 0 amide bonds. The Morgan fingerprint density at radius 2 is 1.71 bits per heavy atom. The minimum absolute atomic E-state index is 0.356. The molecule has 3 heterocycles. The molecule has 92 valence electrons. The second kappa shape index (κ2) is 4.13. The van der Waals surface area contributed by atoms with E-state index in [0.717, 1.165) is 24.9 Å². The van der Waals surface area contributed by atoms with E-state index >= 15 is 0 Å². The van der Waals surface area contributed by atoms with Crippen molar-refractivity contribution in [2.24, 2.45) is 5.92 Å². The van der Waals surface area contributed by atoms with Gasteiger partial charge in [-0.1, -0.05) is 23.2 Å². The third-order valence-electron chi connectivity index (χ3n) is 4.25. The Morgan fingerprint density at radius 3 is 2.18 bits per heavy atom. The normalized spacial score (nSPS) is 36.2. The van der Waals surface area contributed by atoms with Gasteiger partial charge in [-0.2, -0.15) is 0 Å². The van der Waals surface area contributed by atoms with Crippen LogP contribution in [0.3, 0.4) is 0 Å². The zero-order valence-corrected chi connectivity index (χ0v) is 11.1. The molecule has 17 heavy (non-hydrogen) atoms. The smallest absolute Gasteiger partial charge is 0.141 e. The lowest BCUT2D eigenvalue weighted by Crippen LogP contribution is -3.17. The summed E-state index contributed by atoms with van der Waals surface area (Å²) in [7, 11) is 0. The van der Waals surface area contributed by atoms with Gasteiger partial charge in [0.05, 0.1) is 13.1 Å². The molecule has 0 spiro atoms. The van der Waals surface area contributed by atoms with Gasteiger partial charge in [0.25, 0.3) is 0 Å². The van der Waals surface area contributed by atoms with Gasteiger partial charge in [0.1, 0.15) is 12.1 Å². The minimum Gasteiger partial charge on any atom is -0.379 e. The number of quaternary nitrogens is 1. The topological polar surface area (TPSA) is 24.7 Å². The van der Waals surface area contributed by atoms with Crippen molar-refractivity contribution in [2.45, 2.75) is 18.4 Å². The van der Waals surface area contributed by atoms with Gasteiger partial charge >= 0.3 is 0 Å². The number of piperidine rings is 3. The Labute approximate surface area is 111 Å². The lowest BCUT2D eigenvalue weighted by Gasteiger charge is -2.47. The maximum atomic E-state index is 10.9. The fraction of sp³-hybridized carbons (Fsp3) is 0.538. The number of halogens is 2. The number of nitrogens with one attached hydrogen (secondary N) is 1. The first kappa shape index (κ1) is 11.8. The number of hydrogen-bond acceptors (Lipinski definition) is 1. The molecule has 0 saturated carbocycles. The molecule has 3 fully saturated rings.